The zero-order valence-electron chi connectivity index (χ0n) is 10.5. The van der Waals surface area contributed by atoms with E-state index >= 15 is 0 Å². The van der Waals surface area contributed by atoms with Gasteiger partial charge in [0.2, 0.25) is 0 Å². The molecule has 104 valence electrons. The van der Waals surface area contributed by atoms with Gasteiger partial charge in [0, 0.05) is 5.56 Å². The van der Waals surface area contributed by atoms with Crippen molar-refractivity contribution in [3.8, 4) is 11.1 Å². The van der Waals surface area contributed by atoms with Crippen molar-refractivity contribution in [3.05, 3.63) is 59.4 Å². The normalized spacial score (nSPS) is 11.4. The summed E-state index contributed by atoms with van der Waals surface area (Å²) in [6.07, 6.45) is -4.63. The van der Waals surface area contributed by atoms with E-state index in [2.05, 4.69) is 0 Å². The minimum Gasteiger partial charge on any atom is -0.294 e. The Morgan fingerprint density at radius 1 is 1.00 bits per heavy atom. The molecule has 0 spiro atoms. The van der Waals surface area contributed by atoms with Crippen molar-refractivity contribution in [2.75, 3.05) is 0 Å². The lowest BCUT2D eigenvalue weighted by molar-refractivity contribution is -0.137. The summed E-state index contributed by atoms with van der Waals surface area (Å²) >= 11 is 0. The number of carbonyl (C=O) groups excluding carboxylic acids is 1. The first kappa shape index (κ1) is 14.2. The fraction of sp³-hybridized carbons (Fsp3) is 0.133. The number of rotatable bonds is 2. The van der Waals surface area contributed by atoms with Gasteiger partial charge in [-0.25, -0.2) is 4.39 Å². The summed E-state index contributed by atoms with van der Waals surface area (Å²) in [4.78, 5) is 11.3. The van der Waals surface area contributed by atoms with Crippen LogP contribution in [0.4, 0.5) is 17.6 Å². The Bertz CT molecular complexity index is 659. The van der Waals surface area contributed by atoms with E-state index in [9.17, 15) is 22.4 Å². The molecule has 0 unspecified atom stereocenters. The maximum atomic E-state index is 13.1. The van der Waals surface area contributed by atoms with Crippen molar-refractivity contribution in [2.45, 2.75) is 13.1 Å². The number of Topliss-reactive ketones (excluding diaryl/α,β-unsaturated/α-hetero) is 1. The van der Waals surface area contributed by atoms with Gasteiger partial charge >= 0.3 is 6.18 Å². The van der Waals surface area contributed by atoms with E-state index in [4.69, 9.17) is 0 Å². The highest BCUT2D eigenvalue weighted by Crippen LogP contribution is 2.35. The third-order valence-corrected chi connectivity index (χ3v) is 2.86. The van der Waals surface area contributed by atoms with E-state index in [1.54, 1.807) is 0 Å². The second-order valence-corrected chi connectivity index (χ2v) is 4.32. The molecule has 0 saturated heterocycles. The minimum atomic E-state index is -4.63. The van der Waals surface area contributed by atoms with Crippen molar-refractivity contribution in [2.24, 2.45) is 0 Å². The molecule has 0 radical (unpaired) electrons. The van der Waals surface area contributed by atoms with Crippen LogP contribution in [0.3, 0.4) is 0 Å². The molecule has 20 heavy (non-hydrogen) atoms. The van der Waals surface area contributed by atoms with Crippen LogP contribution in [0.2, 0.25) is 0 Å². The third kappa shape index (κ3) is 2.87. The topological polar surface area (TPSA) is 17.1 Å². The van der Waals surface area contributed by atoms with E-state index < -0.39 is 28.9 Å². The number of ketones is 1. The highest BCUT2D eigenvalue weighted by molar-refractivity contribution is 5.96. The number of hydrogen-bond acceptors (Lipinski definition) is 1. The lowest BCUT2D eigenvalue weighted by atomic mass is 9.97. The van der Waals surface area contributed by atoms with Gasteiger partial charge in [0.15, 0.2) is 5.78 Å². The van der Waals surface area contributed by atoms with Crippen LogP contribution in [-0.4, -0.2) is 5.78 Å². The van der Waals surface area contributed by atoms with Crippen LogP contribution in [0.1, 0.15) is 22.8 Å². The quantitative estimate of drug-likeness (QED) is 0.575. The molecule has 0 aliphatic heterocycles. The third-order valence-electron chi connectivity index (χ3n) is 2.86. The average molecular weight is 282 g/mol. The summed E-state index contributed by atoms with van der Waals surface area (Å²) in [7, 11) is 0. The molecule has 2 aromatic rings. The van der Waals surface area contributed by atoms with E-state index in [0.717, 1.165) is 25.1 Å². The molecule has 0 bridgehead atoms. The van der Waals surface area contributed by atoms with Gasteiger partial charge in [-0.15, -0.1) is 0 Å². The minimum absolute atomic E-state index is 0.210. The molecule has 0 N–H and O–H groups in total. The van der Waals surface area contributed by atoms with Crippen molar-refractivity contribution in [1.82, 2.24) is 0 Å². The monoisotopic (exact) mass is 282 g/mol. The van der Waals surface area contributed by atoms with Crippen LogP contribution >= 0.6 is 0 Å². The van der Waals surface area contributed by atoms with Crippen LogP contribution in [0, 0.1) is 5.82 Å². The molecule has 0 saturated carbocycles. The first-order valence-electron chi connectivity index (χ1n) is 5.77. The van der Waals surface area contributed by atoms with Gasteiger partial charge in [-0.1, -0.05) is 24.3 Å². The van der Waals surface area contributed by atoms with Crippen LogP contribution in [0.25, 0.3) is 11.1 Å². The van der Waals surface area contributed by atoms with Crippen LogP contribution in [-0.2, 0) is 6.18 Å². The Labute approximate surface area is 112 Å². The van der Waals surface area contributed by atoms with Gasteiger partial charge in [-0.05, 0) is 36.2 Å². The number of carbonyl (C=O) groups is 1. The SMILES string of the molecule is CC(=O)c1ccc(-c2cccc(F)c2)cc1C(F)(F)F. The molecule has 5 heteroatoms. The van der Waals surface area contributed by atoms with Crippen molar-refractivity contribution < 1.29 is 22.4 Å². The Balaban J connectivity index is 2.61. The summed E-state index contributed by atoms with van der Waals surface area (Å²) in [5, 5.41) is 0. The summed E-state index contributed by atoms with van der Waals surface area (Å²) in [5.41, 5.74) is -0.864. The summed E-state index contributed by atoms with van der Waals surface area (Å²) < 4.78 is 52.0. The molecule has 0 heterocycles. The van der Waals surface area contributed by atoms with Crippen LogP contribution in [0.5, 0.6) is 0 Å². The van der Waals surface area contributed by atoms with Gasteiger partial charge < -0.3 is 0 Å². The average Bonchev–Trinajstić information content (AvgIpc) is 2.37. The smallest absolute Gasteiger partial charge is 0.294 e. The Kier molecular flexibility index (Phi) is 3.61. The number of halogens is 4. The first-order valence-corrected chi connectivity index (χ1v) is 5.77. The molecule has 0 aliphatic carbocycles. The Hall–Kier alpha value is -2.17. The summed E-state index contributed by atoms with van der Waals surface area (Å²) in [6.45, 7) is 1.08. The highest BCUT2D eigenvalue weighted by atomic mass is 19.4. The summed E-state index contributed by atoms with van der Waals surface area (Å²) in [6, 6.07) is 8.63. The predicted octanol–water partition coefficient (Wildman–Crippen LogP) is 4.71. The van der Waals surface area contributed by atoms with Crippen molar-refractivity contribution in [3.63, 3.8) is 0 Å². The first-order chi connectivity index (χ1) is 9.29. The standard InChI is InChI=1S/C15H10F4O/c1-9(20)13-6-5-11(8-14(13)15(17,18)19)10-3-2-4-12(16)7-10/h2-8H,1H3. The number of alkyl halides is 3. The zero-order chi connectivity index (χ0) is 14.9. The van der Waals surface area contributed by atoms with E-state index in [0.29, 0.717) is 5.56 Å². The molecule has 2 rings (SSSR count). The molecule has 1 nitrogen and oxygen atoms in total. The number of benzene rings is 2. The van der Waals surface area contributed by atoms with Crippen LogP contribution < -0.4 is 0 Å². The molecule has 0 fully saturated rings. The number of hydrogen-bond donors (Lipinski definition) is 0. The molecule has 0 aromatic heterocycles. The summed E-state index contributed by atoms with van der Waals surface area (Å²) in [5.74, 6) is -1.20. The molecular weight excluding hydrogens is 272 g/mol. The lowest BCUT2D eigenvalue weighted by Crippen LogP contribution is -2.11. The van der Waals surface area contributed by atoms with Gasteiger partial charge in [0.1, 0.15) is 5.82 Å². The van der Waals surface area contributed by atoms with Crippen molar-refractivity contribution >= 4 is 5.78 Å². The van der Waals surface area contributed by atoms with Gasteiger partial charge in [-0.2, -0.15) is 13.2 Å². The Morgan fingerprint density at radius 2 is 1.65 bits per heavy atom. The maximum Gasteiger partial charge on any atom is 0.417 e. The lowest BCUT2D eigenvalue weighted by Gasteiger charge is -2.13. The fourth-order valence-corrected chi connectivity index (χ4v) is 1.93. The maximum absolute atomic E-state index is 13.1. The fourth-order valence-electron chi connectivity index (χ4n) is 1.93. The second kappa shape index (κ2) is 5.07. The van der Waals surface area contributed by atoms with Crippen molar-refractivity contribution in [1.29, 1.82) is 0 Å². The largest absolute Gasteiger partial charge is 0.417 e. The predicted molar refractivity (Wildman–Crippen MR) is 66.8 cm³/mol. The molecule has 0 atom stereocenters. The molecule has 0 aliphatic rings. The molecular formula is C15H10F4O. The molecule has 2 aromatic carbocycles. The zero-order valence-corrected chi connectivity index (χ0v) is 10.5. The second-order valence-electron chi connectivity index (χ2n) is 4.32. The van der Waals surface area contributed by atoms with Gasteiger partial charge in [0.25, 0.3) is 0 Å². The van der Waals surface area contributed by atoms with Gasteiger partial charge in [-0.3, -0.25) is 4.79 Å². The van der Waals surface area contributed by atoms with Gasteiger partial charge in [0.05, 0.1) is 5.56 Å². The van der Waals surface area contributed by atoms with E-state index in [1.807, 2.05) is 0 Å². The van der Waals surface area contributed by atoms with Crippen LogP contribution in [0.15, 0.2) is 42.5 Å². The van der Waals surface area contributed by atoms with E-state index in [-0.39, 0.29) is 5.56 Å². The molecule has 0 amide bonds. The Morgan fingerprint density at radius 3 is 2.20 bits per heavy atom. The van der Waals surface area contributed by atoms with E-state index in [1.165, 1.54) is 24.3 Å². The highest BCUT2D eigenvalue weighted by Gasteiger charge is 2.34.